The van der Waals surface area contributed by atoms with E-state index in [1.54, 1.807) is 0 Å². The van der Waals surface area contributed by atoms with Crippen LogP contribution in [0.25, 0.3) is 0 Å². The Balaban J connectivity index is 1.91. The summed E-state index contributed by atoms with van der Waals surface area (Å²) in [6.07, 6.45) is 6.33. The first kappa shape index (κ1) is 11.6. The van der Waals surface area contributed by atoms with Gasteiger partial charge in [0.25, 0.3) is 0 Å². The number of pyridine rings is 1. The van der Waals surface area contributed by atoms with Crippen molar-refractivity contribution in [1.29, 1.82) is 0 Å². The predicted octanol–water partition coefficient (Wildman–Crippen LogP) is 2.74. The number of likely N-dealkylation sites (tertiary alicyclic amines) is 1. The van der Waals surface area contributed by atoms with Crippen molar-refractivity contribution in [2.24, 2.45) is 5.92 Å². The molecule has 0 spiro atoms. The fraction of sp³-hybridized carbons (Fsp3) is 0.643. The number of nitrogens with zero attached hydrogens (tertiary/aromatic N) is 2. The lowest BCUT2D eigenvalue weighted by molar-refractivity contribution is 0.168. The van der Waals surface area contributed by atoms with E-state index in [0.29, 0.717) is 5.54 Å². The van der Waals surface area contributed by atoms with E-state index in [2.05, 4.69) is 42.8 Å². The third kappa shape index (κ3) is 2.82. The summed E-state index contributed by atoms with van der Waals surface area (Å²) in [5, 5.41) is 0. The van der Waals surface area contributed by atoms with Gasteiger partial charge in [-0.15, -0.1) is 0 Å². The molecule has 1 aromatic rings. The molecule has 1 atom stereocenters. The van der Waals surface area contributed by atoms with Crippen molar-refractivity contribution >= 4 is 0 Å². The molecule has 0 saturated carbocycles. The zero-order valence-electron chi connectivity index (χ0n) is 10.6. The van der Waals surface area contributed by atoms with Gasteiger partial charge in [-0.25, -0.2) is 0 Å². The lowest BCUT2D eigenvalue weighted by Crippen LogP contribution is -2.39. The molecule has 0 bridgehead atoms. The van der Waals surface area contributed by atoms with Crippen LogP contribution in [0.1, 0.15) is 32.8 Å². The topological polar surface area (TPSA) is 16.1 Å². The lowest BCUT2D eigenvalue weighted by Gasteiger charge is -2.31. The molecule has 1 saturated heterocycles. The molecule has 1 fully saturated rings. The van der Waals surface area contributed by atoms with E-state index in [-0.39, 0.29) is 0 Å². The molecule has 1 aromatic heterocycles. The van der Waals surface area contributed by atoms with Crippen LogP contribution in [-0.4, -0.2) is 28.5 Å². The van der Waals surface area contributed by atoms with Crippen molar-refractivity contribution in [3.63, 3.8) is 0 Å². The molecule has 2 rings (SSSR count). The average Bonchev–Trinajstić information content (AvgIpc) is 2.67. The van der Waals surface area contributed by atoms with Gasteiger partial charge in [0.15, 0.2) is 0 Å². The van der Waals surface area contributed by atoms with Crippen molar-refractivity contribution < 1.29 is 0 Å². The first-order valence-electron chi connectivity index (χ1n) is 6.19. The molecule has 2 nitrogen and oxygen atoms in total. The molecule has 2 heteroatoms. The maximum atomic E-state index is 4.06. The minimum Gasteiger partial charge on any atom is -0.298 e. The molecule has 1 aliphatic heterocycles. The van der Waals surface area contributed by atoms with Crippen molar-refractivity contribution in [3.05, 3.63) is 30.1 Å². The highest BCUT2D eigenvalue weighted by molar-refractivity contribution is 5.11. The van der Waals surface area contributed by atoms with Gasteiger partial charge >= 0.3 is 0 Å². The summed E-state index contributed by atoms with van der Waals surface area (Å²) >= 11 is 0. The molecular formula is C14H22N2. The van der Waals surface area contributed by atoms with E-state index in [0.717, 1.165) is 5.92 Å². The normalized spacial score (nSPS) is 22.6. The van der Waals surface area contributed by atoms with Crippen molar-refractivity contribution in [2.75, 3.05) is 13.1 Å². The minimum atomic E-state index is 0.326. The van der Waals surface area contributed by atoms with Gasteiger partial charge < -0.3 is 0 Å². The number of hydrogen-bond acceptors (Lipinski definition) is 2. The Morgan fingerprint density at radius 2 is 2.00 bits per heavy atom. The predicted molar refractivity (Wildman–Crippen MR) is 67.4 cm³/mol. The highest BCUT2D eigenvalue weighted by Gasteiger charge is 2.29. The molecule has 2 heterocycles. The van der Waals surface area contributed by atoms with Gasteiger partial charge in [-0.3, -0.25) is 9.88 Å². The van der Waals surface area contributed by atoms with Crippen LogP contribution in [0.5, 0.6) is 0 Å². The Morgan fingerprint density at radius 1 is 1.31 bits per heavy atom. The molecule has 0 amide bonds. The summed E-state index contributed by atoms with van der Waals surface area (Å²) in [7, 11) is 0. The number of aromatic nitrogens is 1. The van der Waals surface area contributed by atoms with Gasteiger partial charge in [-0.05, 0) is 63.8 Å². The van der Waals surface area contributed by atoms with Gasteiger partial charge in [0.05, 0.1) is 0 Å². The lowest BCUT2D eigenvalue weighted by atomic mass is 9.99. The van der Waals surface area contributed by atoms with Gasteiger partial charge in [0.1, 0.15) is 0 Å². The highest BCUT2D eigenvalue weighted by atomic mass is 15.2. The maximum Gasteiger partial charge on any atom is 0.0270 e. The molecule has 0 N–H and O–H groups in total. The minimum absolute atomic E-state index is 0.326. The molecule has 88 valence electrons. The van der Waals surface area contributed by atoms with Gasteiger partial charge in [-0.2, -0.15) is 0 Å². The first-order valence-corrected chi connectivity index (χ1v) is 6.19. The molecule has 16 heavy (non-hydrogen) atoms. The van der Waals surface area contributed by atoms with E-state index in [9.17, 15) is 0 Å². The van der Waals surface area contributed by atoms with Gasteiger partial charge in [0.2, 0.25) is 0 Å². The molecule has 1 unspecified atom stereocenters. The standard InChI is InChI=1S/C14H22N2/c1-14(2,3)16-9-6-13(11-16)10-12-4-7-15-8-5-12/h4-5,7-8,13H,6,9-11H2,1-3H3. The van der Waals surface area contributed by atoms with E-state index < -0.39 is 0 Å². The third-order valence-electron chi connectivity index (χ3n) is 3.51. The fourth-order valence-electron chi connectivity index (χ4n) is 2.46. The second-order valence-corrected chi connectivity index (χ2v) is 5.83. The van der Waals surface area contributed by atoms with E-state index in [1.165, 1.54) is 31.5 Å². The van der Waals surface area contributed by atoms with Crippen molar-refractivity contribution in [2.45, 2.75) is 39.2 Å². The molecule has 0 aliphatic carbocycles. The van der Waals surface area contributed by atoms with Crippen LogP contribution < -0.4 is 0 Å². The molecule has 1 aliphatic rings. The Bertz CT molecular complexity index is 326. The van der Waals surface area contributed by atoms with Crippen LogP contribution in [-0.2, 0) is 6.42 Å². The summed E-state index contributed by atoms with van der Waals surface area (Å²) in [6, 6.07) is 4.28. The van der Waals surface area contributed by atoms with Gasteiger partial charge in [-0.1, -0.05) is 0 Å². The second-order valence-electron chi connectivity index (χ2n) is 5.83. The van der Waals surface area contributed by atoms with Crippen molar-refractivity contribution in [3.8, 4) is 0 Å². The maximum absolute atomic E-state index is 4.06. The Morgan fingerprint density at radius 3 is 2.56 bits per heavy atom. The molecule has 0 aromatic carbocycles. The smallest absolute Gasteiger partial charge is 0.0270 e. The third-order valence-corrected chi connectivity index (χ3v) is 3.51. The van der Waals surface area contributed by atoms with E-state index >= 15 is 0 Å². The summed E-state index contributed by atoms with van der Waals surface area (Å²) in [4.78, 5) is 6.66. The highest BCUT2D eigenvalue weighted by Crippen LogP contribution is 2.26. The Kier molecular flexibility index (Phi) is 3.29. The SMILES string of the molecule is CC(C)(C)N1CCC(Cc2ccncc2)C1. The van der Waals surface area contributed by atoms with Crippen LogP contribution in [0.15, 0.2) is 24.5 Å². The summed E-state index contributed by atoms with van der Waals surface area (Å²) < 4.78 is 0. The fourth-order valence-corrected chi connectivity index (χ4v) is 2.46. The zero-order chi connectivity index (χ0) is 11.6. The average molecular weight is 218 g/mol. The quantitative estimate of drug-likeness (QED) is 0.759. The van der Waals surface area contributed by atoms with Crippen LogP contribution >= 0.6 is 0 Å². The monoisotopic (exact) mass is 218 g/mol. The Hall–Kier alpha value is -0.890. The first-order chi connectivity index (χ1) is 7.55. The number of rotatable bonds is 2. The van der Waals surface area contributed by atoms with Crippen LogP contribution in [0.3, 0.4) is 0 Å². The summed E-state index contributed by atoms with van der Waals surface area (Å²) in [5.74, 6) is 0.821. The summed E-state index contributed by atoms with van der Waals surface area (Å²) in [5.41, 5.74) is 1.75. The number of hydrogen-bond donors (Lipinski definition) is 0. The van der Waals surface area contributed by atoms with Crippen LogP contribution in [0.4, 0.5) is 0 Å². The van der Waals surface area contributed by atoms with Crippen LogP contribution in [0.2, 0.25) is 0 Å². The molecular weight excluding hydrogens is 196 g/mol. The van der Waals surface area contributed by atoms with Gasteiger partial charge in [0, 0.05) is 24.5 Å². The largest absolute Gasteiger partial charge is 0.298 e. The van der Waals surface area contributed by atoms with E-state index in [1.807, 2.05) is 12.4 Å². The zero-order valence-corrected chi connectivity index (χ0v) is 10.6. The Labute approximate surface area is 98.7 Å². The second kappa shape index (κ2) is 4.54. The van der Waals surface area contributed by atoms with Crippen LogP contribution in [0, 0.1) is 5.92 Å². The van der Waals surface area contributed by atoms with Crippen molar-refractivity contribution in [1.82, 2.24) is 9.88 Å². The summed E-state index contributed by atoms with van der Waals surface area (Å²) in [6.45, 7) is 9.41. The van der Waals surface area contributed by atoms with E-state index in [4.69, 9.17) is 0 Å². The molecule has 0 radical (unpaired) electrons.